The van der Waals surface area contributed by atoms with E-state index in [1.54, 1.807) is 21.9 Å². The van der Waals surface area contributed by atoms with Crippen LogP contribution in [-0.4, -0.2) is 84.2 Å². The zero-order chi connectivity index (χ0) is 28.5. The monoisotopic (exact) mass is 554 g/mol. The van der Waals surface area contributed by atoms with E-state index in [0.29, 0.717) is 19.7 Å². The van der Waals surface area contributed by atoms with Gasteiger partial charge in [0.25, 0.3) is 5.91 Å². The third-order valence-corrected chi connectivity index (χ3v) is 8.05. The number of nitrogens with zero attached hydrogens (tertiary/aromatic N) is 5. The lowest BCUT2D eigenvalue weighted by Gasteiger charge is -2.46. The summed E-state index contributed by atoms with van der Waals surface area (Å²) in [7, 11) is 3.69. The van der Waals surface area contributed by atoms with E-state index in [1.807, 2.05) is 85.9 Å². The van der Waals surface area contributed by atoms with E-state index in [9.17, 15) is 14.4 Å². The molecular formula is C31H34N6O4. The molecule has 0 spiro atoms. The molecule has 212 valence electrons. The minimum Gasteiger partial charge on any atom is -0.490 e. The molecule has 0 radical (unpaired) electrons. The molecule has 10 nitrogen and oxygen atoms in total. The maximum atomic E-state index is 14.1. The van der Waals surface area contributed by atoms with Gasteiger partial charge in [-0.15, -0.1) is 0 Å². The van der Waals surface area contributed by atoms with Gasteiger partial charge in [0.1, 0.15) is 24.6 Å². The Balaban J connectivity index is 1.29. The lowest BCUT2D eigenvalue weighted by molar-refractivity contribution is -0.157. The molecule has 41 heavy (non-hydrogen) atoms. The van der Waals surface area contributed by atoms with Crippen LogP contribution in [0.3, 0.4) is 0 Å². The minimum atomic E-state index is -0.790. The first-order chi connectivity index (χ1) is 19.9. The lowest BCUT2D eigenvalue weighted by atomic mass is 9.99. The molecule has 3 aromatic rings. The van der Waals surface area contributed by atoms with Crippen molar-refractivity contribution >= 4 is 23.5 Å². The molecule has 1 N–H and O–H groups in total. The highest BCUT2D eigenvalue weighted by Crippen LogP contribution is 2.39. The first-order valence-electron chi connectivity index (χ1n) is 13.8. The van der Waals surface area contributed by atoms with Crippen LogP contribution >= 0.6 is 0 Å². The number of urea groups is 1. The van der Waals surface area contributed by atoms with Crippen molar-refractivity contribution in [3.63, 3.8) is 0 Å². The second-order valence-electron chi connectivity index (χ2n) is 10.6. The third-order valence-electron chi connectivity index (χ3n) is 8.05. The fourth-order valence-corrected chi connectivity index (χ4v) is 5.96. The van der Waals surface area contributed by atoms with Gasteiger partial charge >= 0.3 is 6.03 Å². The molecular weight excluding hydrogens is 520 g/mol. The Morgan fingerprint density at radius 1 is 1.00 bits per heavy atom. The summed E-state index contributed by atoms with van der Waals surface area (Å²) >= 11 is 0. The summed E-state index contributed by atoms with van der Waals surface area (Å²) in [5.74, 6) is 0.468. The minimum absolute atomic E-state index is 0.00168. The van der Waals surface area contributed by atoms with Crippen LogP contribution in [0.4, 0.5) is 10.5 Å². The number of piperazine rings is 1. The van der Waals surface area contributed by atoms with Gasteiger partial charge in [0.05, 0.1) is 25.3 Å². The molecule has 2 saturated heterocycles. The molecule has 0 saturated carbocycles. The summed E-state index contributed by atoms with van der Waals surface area (Å²) in [5, 5.41) is 6.17. The summed E-state index contributed by atoms with van der Waals surface area (Å²) in [4.78, 5) is 46.4. The summed E-state index contributed by atoms with van der Waals surface area (Å²) in [6, 6.07) is 23.9. The number of benzene rings is 3. The molecule has 6 rings (SSSR count). The standard InChI is InChI=1S/C31H34N6O4/c1-33-16-17-41-25-15-9-14-24(28(25)33)19-35-20-26-36(34(2)31(40)32-18-22-10-5-3-6-11-22)21-27(38)37(26)29(30(35)39)23-12-7-4-8-13-23/h3-15,26,29H,16-21H2,1-2H3,(H,32,40)/t26-,29+/m1/s1. The fourth-order valence-electron chi connectivity index (χ4n) is 5.96. The zero-order valence-corrected chi connectivity index (χ0v) is 23.3. The summed E-state index contributed by atoms with van der Waals surface area (Å²) in [6.07, 6.45) is -0.508. The second kappa shape index (κ2) is 11.1. The van der Waals surface area contributed by atoms with Crippen molar-refractivity contribution in [3.8, 4) is 5.75 Å². The number of anilines is 1. The van der Waals surface area contributed by atoms with Gasteiger partial charge in [-0.3, -0.25) is 14.6 Å². The van der Waals surface area contributed by atoms with Crippen LogP contribution in [-0.2, 0) is 22.7 Å². The number of para-hydroxylation sites is 1. The number of fused-ring (bicyclic) bond motifs is 2. The molecule has 0 aromatic heterocycles. The summed E-state index contributed by atoms with van der Waals surface area (Å²) < 4.78 is 5.90. The Kier molecular flexibility index (Phi) is 7.23. The van der Waals surface area contributed by atoms with Gasteiger partial charge in [-0.1, -0.05) is 72.8 Å². The van der Waals surface area contributed by atoms with Crippen LogP contribution in [0.2, 0.25) is 0 Å². The van der Waals surface area contributed by atoms with E-state index >= 15 is 0 Å². The topological polar surface area (TPSA) is 88.7 Å². The predicted molar refractivity (Wildman–Crippen MR) is 154 cm³/mol. The van der Waals surface area contributed by atoms with E-state index < -0.39 is 12.2 Å². The van der Waals surface area contributed by atoms with Gasteiger partial charge in [0.15, 0.2) is 0 Å². The van der Waals surface area contributed by atoms with Crippen LogP contribution in [0.5, 0.6) is 5.75 Å². The van der Waals surface area contributed by atoms with Gasteiger partial charge < -0.3 is 24.8 Å². The summed E-state index contributed by atoms with van der Waals surface area (Å²) in [5.41, 5.74) is 3.67. The first kappa shape index (κ1) is 26.6. The molecule has 4 amide bonds. The van der Waals surface area contributed by atoms with Crippen molar-refractivity contribution < 1.29 is 19.1 Å². The van der Waals surface area contributed by atoms with Crippen molar-refractivity contribution in [1.82, 2.24) is 25.1 Å². The average molecular weight is 555 g/mol. The number of carbonyl (C=O) groups excluding carboxylic acids is 3. The lowest BCUT2D eigenvalue weighted by Crippen LogP contribution is -2.62. The average Bonchev–Trinajstić information content (AvgIpc) is 3.32. The number of likely N-dealkylation sites (N-methyl/N-ethyl adjacent to an activating group) is 1. The van der Waals surface area contributed by atoms with Crippen LogP contribution in [0, 0.1) is 0 Å². The van der Waals surface area contributed by atoms with Crippen molar-refractivity contribution in [3.05, 3.63) is 95.6 Å². The predicted octanol–water partition coefficient (Wildman–Crippen LogP) is 2.83. The maximum absolute atomic E-state index is 14.1. The Morgan fingerprint density at radius 3 is 2.49 bits per heavy atom. The fraction of sp³-hybridized carbons (Fsp3) is 0.323. The zero-order valence-electron chi connectivity index (χ0n) is 23.3. The molecule has 0 bridgehead atoms. The van der Waals surface area contributed by atoms with Crippen molar-refractivity contribution in [2.75, 3.05) is 45.2 Å². The molecule has 3 aliphatic heterocycles. The van der Waals surface area contributed by atoms with Crippen molar-refractivity contribution in [2.45, 2.75) is 25.3 Å². The van der Waals surface area contributed by atoms with Gasteiger partial charge in [0.2, 0.25) is 5.91 Å². The van der Waals surface area contributed by atoms with Gasteiger partial charge in [0, 0.05) is 27.2 Å². The van der Waals surface area contributed by atoms with Crippen molar-refractivity contribution in [1.29, 1.82) is 0 Å². The highest BCUT2D eigenvalue weighted by atomic mass is 16.5. The Bertz CT molecular complexity index is 1440. The highest BCUT2D eigenvalue weighted by Gasteiger charge is 2.52. The van der Waals surface area contributed by atoms with Crippen molar-refractivity contribution in [2.24, 2.45) is 0 Å². The molecule has 10 heteroatoms. The first-order valence-corrected chi connectivity index (χ1v) is 13.8. The Morgan fingerprint density at radius 2 is 1.73 bits per heavy atom. The quantitative estimate of drug-likeness (QED) is 0.504. The largest absolute Gasteiger partial charge is 0.490 e. The number of carbonyl (C=O) groups is 3. The molecule has 0 aliphatic carbocycles. The number of hydrogen-bond acceptors (Lipinski definition) is 6. The Hall–Kier alpha value is -4.57. The number of hydrogen-bond donors (Lipinski definition) is 1. The second-order valence-corrected chi connectivity index (χ2v) is 10.6. The van der Waals surface area contributed by atoms with E-state index in [2.05, 4.69) is 10.2 Å². The molecule has 3 aromatic carbocycles. The van der Waals surface area contributed by atoms with Crippen LogP contribution in [0.25, 0.3) is 0 Å². The molecule has 0 unspecified atom stereocenters. The molecule has 2 atom stereocenters. The van der Waals surface area contributed by atoms with Gasteiger partial charge in [-0.05, 0) is 22.8 Å². The maximum Gasteiger partial charge on any atom is 0.332 e. The molecule has 2 fully saturated rings. The van der Waals surface area contributed by atoms with Crippen LogP contribution in [0.15, 0.2) is 78.9 Å². The summed E-state index contributed by atoms with van der Waals surface area (Å²) in [6.45, 7) is 2.35. The van der Waals surface area contributed by atoms with E-state index in [1.165, 1.54) is 5.01 Å². The van der Waals surface area contributed by atoms with Gasteiger partial charge in [-0.2, -0.15) is 5.01 Å². The van der Waals surface area contributed by atoms with E-state index in [4.69, 9.17) is 4.74 Å². The van der Waals surface area contributed by atoms with E-state index in [0.717, 1.165) is 34.7 Å². The smallest absolute Gasteiger partial charge is 0.332 e. The normalized spacial score (nSPS) is 20.4. The number of nitrogens with one attached hydrogen (secondary N) is 1. The number of amides is 4. The number of ether oxygens (including phenoxy) is 1. The number of hydrazine groups is 1. The van der Waals surface area contributed by atoms with Crippen LogP contribution in [0.1, 0.15) is 22.7 Å². The van der Waals surface area contributed by atoms with E-state index in [-0.39, 0.29) is 30.9 Å². The van der Waals surface area contributed by atoms with Crippen LogP contribution < -0.4 is 15.0 Å². The third kappa shape index (κ3) is 5.06. The highest BCUT2D eigenvalue weighted by molar-refractivity contribution is 5.92. The Labute approximate surface area is 239 Å². The van der Waals surface area contributed by atoms with Gasteiger partial charge in [-0.25, -0.2) is 4.79 Å². The number of rotatable bonds is 6. The molecule has 3 heterocycles. The SMILES string of the molecule is CN1CCOc2cccc(CN3C[C@H]4N(C(=O)CN4N(C)C(=O)NCc4ccccc4)[C@@H](c4ccccc4)C3=O)c21. The molecule has 3 aliphatic rings.